The van der Waals surface area contributed by atoms with Crippen molar-refractivity contribution in [3.63, 3.8) is 0 Å². The predicted octanol–water partition coefficient (Wildman–Crippen LogP) is 2.88. The molecule has 1 aliphatic rings. The number of rotatable bonds is 4. The van der Waals surface area contributed by atoms with E-state index in [1.165, 1.54) is 6.07 Å². The van der Waals surface area contributed by atoms with Crippen LogP contribution in [0.1, 0.15) is 36.9 Å². The summed E-state index contributed by atoms with van der Waals surface area (Å²) in [6.45, 7) is 3.44. The third-order valence-corrected chi connectivity index (χ3v) is 3.73. The molecule has 1 aromatic rings. The highest BCUT2D eigenvalue weighted by Gasteiger charge is 2.30. The average Bonchev–Trinajstić information content (AvgIpc) is 2.90. The van der Waals surface area contributed by atoms with Crippen molar-refractivity contribution in [1.29, 1.82) is 0 Å². The van der Waals surface area contributed by atoms with E-state index < -0.39 is 17.8 Å². The van der Waals surface area contributed by atoms with Crippen LogP contribution in [-0.2, 0) is 11.0 Å². The standard InChI is InChI=1S/C15H19F3N2O/c1-10(20-14(21)7-11-5-6-19-9-11)12-3-2-4-13(8-12)15(16,17)18/h2-4,8,10-11,19H,5-7,9H2,1H3,(H,20,21). The smallest absolute Gasteiger partial charge is 0.350 e. The topological polar surface area (TPSA) is 41.1 Å². The molecule has 1 fully saturated rings. The first-order valence-electron chi connectivity index (χ1n) is 7.03. The molecule has 1 amide bonds. The van der Waals surface area contributed by atoms with E-state index in [1.807, 2.05) is 0 Å². The van der Waals surface area contributed by atoms with Crippen LogP contribution in [0.15, 0.2) is 24.3 Å². The van der Waals surface area contributed by atoms with E-state index in [1.54, 1.807) is 13.0 Å². The summed E-state index contributed by atoms with van der Waals surface area (Å²) in [5.41, 5.74) is -0.233. The number of amides is 1. The van der Waals surface area contributed by atoms with Crippen LogP contribution < -0.4 is 10.6 Å². The third-order valence-electron chi connectivity index (χ3n) is 3.73. The Bertz CT molecular complexity index is 496. The SMILES string of the molecule is CC(NC(=O)CC1CCNC1)c1cccc(C(F)(F)F)c1. The van der Waals surface area contributed by atoms with E-state index in [-0.39, 0.29) is 5.91 Å². The number of hydrogen-bond acceptors (Lipinski definition) is 2. The number of carbonyl (C=O) groups is 1. The molecule has 21 heavy (non-hydrogen) atoms. The summed E-state index contributed by atoms with van der Waals surface area (Å²) < 4.78 is 38.0. The molecule has 3 nitrogen and oxygen atoms in total. The number of benzene rings is 1. The van der Waals surface area contributed by atoms with Gasteiger partial charge in [-0.25, -0.2) is 0 Å². The Morgan fingerprint density at radius 2 is 2.24 bits per heavy atom. The minimum Gasteiger partial charge on any atom is -0.350 e. The predicted molar refractivity (Wildman–Crippen MR) is 73.6 cm³/mol. The van der Waals surface area contributed by atoms with Crippen LogP contribution in [0.25, 0.3) is 0 Å². The molecule has 2 atom stereocenters. The van der Waals surface area contributed by atoms with Gasteiger partial charge >= 0.3 is 6.18 Å². The molecule has 116 valence electrons. The zero-order valence-corrected chi connectivity index (χ0v) is 11.8. The molecule has 0 bridgehead atoms. The van der Waals surface area contributed by atoms with Crippen LogP contribution in [0.2, 0.25) is 0 Å². The minimum atomic E-state index is -4.37. The van der Waals surface area contributed by atoms with Gasteiger partial charge in [0.2, 0.25) is 5.91 Å². The molecule has 0 aliphatic carbocycles. The van der Waals surface area contributed by atoms with Crippen LogP contribution in [-0.4, -0.2) is 19.0 Å². The molecule has 2 rings (SSSR count). The maximum atomic E-state index is 12.7. The summed E-state index contributed by atoms with van der Waals surface area (Å²) in [7, 11) is 0. The minimum absolute atomic E-state index is 0.117. The Labute approximate surface area is 121 Å². The van der Waals surface area contributed by atoms with Crippen molar-refractivity contribution in [2.45, 2.75) is 32.0 Å². The van der Waals surface area contributed by atoms with Gasteiger partial charge in [-0.15, -0.1) is 0 Å². The van der Waals surface area contributed by atoms with Gasteiger partial charge in [0.15, 0.2) is 0 Å². The van der Waals surface area contributed by atoms with Crippen molar-refractivity contribution in [3.05, 3.63) is 35.4 Å². The molecule has 2 N–H and O–H groups in total. The van der Waals surface area contributed by atoms with E-state index in [0.29, 0.717) is 17.9 Å². The highest BCUT2D eigenvalue weighted by Crippen LogP contribution is 2.30. The number of halogens is 3. The van der Waals surface area contributed by atoms with Crippen molar-refractivity contribution < 1.29 is 18.0 Å². The van der Waals surface area contributed by atoms with E-state index in [0.717, 1.165) is 31.6 Å². The van der Waals surface area contributed by atoms with Crippen molar-refractivity contribution in [3.8, 4) is 0 Å². The lowest BCUT2D eigenvalue weighted by Gasteiger charge is -2.17. The van der Waals surface area contributed by atoms with E-state index >= 15 is 0 Å². The Morgan fingerprint density at radius 1 is 1.48 bits per heavy atom. The quantitative estimate of drug-likeness (QED) is 0.897. The number of hydrogen-bond donors (Lipinski definition) is 2. The van der Waals surface area contributed by atoms with E-state index in [4.69, 9.17) is 0 Å². The second-order valence-electron chi connectivity index (χ2n) is 5.48. The first-order chi connectivity index (χ1) is 9.86. The lowest BCUT2D eigenvalue weighted by atomic mass is 10.0. The van der Waals surface area contributed by atoms with Gasteiger partial charge in [0.05, 0.1) is 11.6 Å². The Hall–Kier alpha value is -1.56. The van der Waals surface area contributed by atoms with Gasteiger partial charge in [0.25, 0.3) is 0 Å². The Kier molecular flexibility index (Phi) is 4.88. The first kappa shape index (κ1) is 15.8. The van der Waals surface area contributed by atoms with Crippen LogP contribution >= 0.6 is 0 Å². The summed E-state index contributed by atoms with van der Waals surface area (Å²) in [5, 5.41) is 5.95. The van der Waals surface area contributed by atoms with Crippen molar-refractivity contribution in [2.24, 2.45) is 5.92 Å². The second-order valence-corrected chi connectivity index (χ2v) is 5.48. The van der Waals surface area contributed by atoms with Crippen LogP contribution in [0, 0.1) is 5.92 Å². The van der Waals surface area contributed by atoms with Crippen molar-refractivity contribution >= 4 is 5.91 Å². The molecule has 6 heteroatoms. The lowest BCUT2D eigenvalue weighted by Crippen LogP contribution is -2.29. The highest BCUT2D eigenvalue weighted by atomic mass is 19.4. The fourth-order valence-corrected chi connectivity index (χ4v) is 2.52. The molecule has 0 aromatic heterocycles. The molecule has 1 aliphatic heterocycles. The summed E-state index contributed by atoms with van der Waals surface area (Å²) in [4.78, 5) is 11.9. The molecule has 0 radical (unpaired) electrons. The van der Waals surface area contributed by atoms with Gasteiger partial charge < -0.3 is 10.6 Å². The largest absolute Gasteiger partial charge is 0.416 e. The molecule has 1 heterocycles. The zero-order valence-electron chi connectivity index (χ0n) is 11.8. The summed E-state index contributed by atoms with van der Waals surface area (Å²) in [6.07, 6.45) is -2.99. The van der Waals surface area contributed by atoms with Gasteiger partial charge in [-0.3, -0.25) is 4.79 Å². The molecular weight excluding hydrogens is 281 g/mol. The summed E-state index contributed by atoms with van der Waals surface area (Å²) >= 11 is 0. The zero-order chi connectivity index (χ0) is 15.5. The molecular formula is C15H19F3N2O. The van der Waals surface area contributed by atoms with Crippen molar-refractivity contribution in [1.82, 2.24) is 10.6 Å². The molecule has 0 spiro atoms. The normalized spacial score (nSPS) is 20.3. The van der Waals surface area contributed by atoms with Gasteiger partial charge in [-0.2, -0.15) is 13.2 Å². The van der Waals surface area contributed by atoms with Gasteiger partial charge in [0.1, 0.15) is 0 Å². The van der Waals surface area contributed by atoms with Crippen LogP contribution in [0.5, 0.6) is 0 Å². The fraction of sp³-hybridized carbons (Fsp3) is 0.533. The van der Waals surface area contributed by atoms with E-state index in [9.17, 15) is 18.0 Å². The Balaban J connectivity index is 1.96. The van der Waals surface area contributed by atoms with Crippen LogP contribution in [0.4, 0.5) is 13.2 Å². The lowest BCUT2D eigenvalue weighted by molar-refractivity contribution is -0.137. The molecule has 0 saturated carbocycles. The highest BCUT2D eigenvalue weighted by molar-refractivity contribution is 5.76. The third kappa shape index (κ3) is 4.46. The first-order valence-corrected chi connectivity index (χ1v) is 7.03. The maximum Gasteiger partial charge on any atom is 0.416 e. The number of carbonyl (C=O) groups excluding carboxylic acids is 1. The summed E-state index contributed by atoms with van der Waals surface area (Å²) in [6, 6.07) is 4.64. The fourth-order valence-electron chi connectivity index (χ4n) is 2.52. The maximum absolute atomic E-state index is 12.7. The van der Waals surface area contributed by atoms with Gasteiger partial charge in [-0.1, -0.05) is 12.1 Å². The monoisotopic (exact) mass is 300 g/mol. The van der Waals surface area contributed by atoms with Crippen LogP contribution in [0.3, 0.4) is 0 Å². The Morgan fingerprint density at radius 3 is 2.86 bits per heavy atom. The second kappa shape index (κ2) is 6.47. The summed E-state index contributed by atoms with van der Waals surface area (Å²) in [5.74, 6) is 0.201. The van der Waals surface area contributed by atoms with Gasteiger partial charge in [0, 0.05) is 6.42 Å². The van der Waals surface area contributed by atoms with Crippen molar-refractivity contribution in [2.75, 3.05) is 13.1 Å². The molecule has 1 saturated heterocycles. The molecule has 1 aromatic carbocycles. The number of alkyl halides is 3. The molecule has 2 unspecified atom stereocenters. The van der Waals surface area contributed by atoms with Gasteiger partial charge in [-0.05, 0) is 50.0 Å². The number of nitrogens with one attached hydrogen (secondary N) is 2. The average molecular weight is 300 g/mol. The van der Waals surface area contributed by atoms with E-state index in [2.05, 4.69) is 10.6 Å².